The van der Waals surface area contributed by atoms with Crippen molar-refractivity contribution >= 4 is 10.9 Å². The molecule has 2 aromatic carbocycles. The lowest BCUT2D eigenvalue weighted by molar-refractivity contribution is 0.415. The Bertz CT molecular complexity index is 655. The predicted molar refractivity (Wildman–Crippen MR) is 74.0 cm³/mol. The molecule has 0 saturated carbocycles. The molecule has 18 heavy (non-hydrogen) atoms. The summed E-state index contributed by atoms with van der Waals surface area (Å²) < 4.78 is 7.49. The van der Waals surface area contributed by atoms with Crippen LogP contribution in [0.15, 0.2) is 60.8 Å². The van der Waals surface area contributed by atoms with Crippen LogP contribution in [0, 0.1) is 0 Å². The summed E-state index contributed by atoms with van der Waals surface area (Å²) in [6, 6.07) is 18.8. The first kappa shape index (κ1) is 10.9. The van der Waals surface area contributed by atoms with E-state index in [2.05, 4.69) is 53.2 Å². The minimum absolute atomic E-state index is 0.899. The zero-order valence-electron chi connectivity index (χ0n) is 10.3. The largest absolute Gasteiger partial charge is 0.497 e. The zero-order valence-corrected chi connectivity index (χ0v) is 10.3. The van der Waals surface area contributed by atoms with E-state index in [4.69, 9.17) is 4.74 Å². The SMILES string of the molecule is COc1ccc2c(ccn2Cc2ccccc2)c1. The summed E-state index contributed by atoms with van der Waals surface area (Å²) in [6.45, 7) is 0.899. The minimum Gasteiger partial charge on any atom is -0.497 e. The summed E-state index contributed by atoms with van der Waals surface area (Å²) in [6.07, 6.45) is 2.12. The van der Waals surface area contributed by atoms with Crippen LogP contribution < -0.4 is 4.74 Å². The van der Waals surface area contributed by atoms with E-state index in [0.29, 0.717) is 0 Å². The van der Waals surface area contributed by atoms with Gasteiger partial charge >= 0.3 is 0 Å². The van der Waals surface area contributed by atoms with Crippen molar-refractivity contribution in [1.29, 1.82) is 0 Å². The molecule has 0 fully saturated rings. The molecule has 2 heteroatoms. The van der Waals surface area contributed by atoms with E-state index >= 15 is 0 Å². The molecule has 1 aromatic heterocycles. The third-order valence-corrected chi connectivity index (χ3v) is 3.17. The topological polar surface area (TPSA) is 14.2 Å². The van der Waals surface area contributed by atoms with E-state index in [0.717, 1.165) is 12.3 Å². The third kappa shape index (κ3) is 1.97. The molecule has 3 aromatic rings. The molecule has 0 spiro atoms. The number of methoxy groups -OCH3 is 1. The van der Waals surface area contributed by atoms with Crippen molar-refractivity contribution in [3.63, 3.8) is 0 Å². The first-order valence-corrected chi connectivity index (χ1v) is 6.03. The van der Waals surface area contributed by atoms with Gasteiger partial charge in [-0.05, 0) is 29.8 Å². The molecule has 90 valence electrons. The van der Waals surface area contributed by atoms with Crippen molar-refractivity contribution in [2.45, 2.75) is 6.54 Å². The minimum atomic E-state index is 0.899. The fourth-order valence-electron chi connectivity index (χ4n) is 2.22. The van der Waals surface area contributed by atoms with Crippen LogP contribution in [0.2, 0.25) is 0 Å². The van der Waals surface area contributed by atoms with Crippen LogP contribution in [-0.4, -0.2) is 11.7 Å². The van der Waals surface area contributed by atoms with E-state index < -0.39 is 0 Å². The number of fused-ring (bicyclic) bond motifs is 1. The van der Waals surface area contributed by atoms with E-state index in [1.54, 1.807) is 7.11 Å². The quantitative estimate of drug-likeness (QED) is 0.677. The lowest BCUT2D eigenvalue weighted by Gasteiger charge is -2.06. The molecule has 0 amide bonds. The van der Waals surface area contributed by atoms with Crippen LogP contribution in [0.5, 0.6) is 5.75 Å². The van der Waals surface area contributed by atoms with Gasteiger partial charge in [0.15, 0.2) is 0 Å². The molecule has 0 aliphatic heterocycles. The van der Waals surface area contributed by atoms with Crippen LogP contribution >= 0.6 is 0 Å². The summed E-state index contributed by atoms with van der Waals surface area (Å²) in [5.41, 5.74) is 2.55. The van der Waals surface area contributed by atoms with Gasteiger partial charge in [-0.3, -0.25) is 0 Å². The van der Waals surface area contributed by atoms with Gasteiger partial charge in [0.1, 0.15) is 5.75 Å². The first-order chi connectivity index (χ1) is 8.86. The molecule has 1 heterocycles. The molecule has 3 rings (SSSR count). The fourth-order valence-corrected chi connectivity index (χ4v) is 2.22. The zero-order chi connectivity index (χ0) is 12.4. The molecule has 0 unspecified atom stereocenters. The standard InChI is InChI=1S/C16H15NO/c1-18-15-7-8-16-14(11-15)9-10-17(16)12-13-5-3-2-4-6-13/h2-11H,12H2,1H3. The van der Waals surface area contributed by atoms with Crippen LogP contribution in [-0.2, 0) is 6.54 Å². The number of aromatic nitrogens is 1. The normalized spacial score (nSPS) is 10.7. The van der Waals surface area contributed by atoms with Crippen molar-refractivity contribution in [2.75, 3.05) is 7.11 Å². The van der Waals surface area contributed by atoms with Crippen molar-refractivity contribution in [2.24, 2.45) is 0 Å². The second kappa shape index (κ2) is 4.57. The first-order valence-electron chi connectivity index (χ1n) is 6.03. The molecule has 0 N–H and O–H groups in total. The number of benzene rings is 2. The average molecular weight is 237 g/mol. The van der Waals surface area contributed by atoms with E-state index in [-0.39, 0.29) is 0 Å². The number of hydrogen-bond acceptors (Lipinski definition) is 1. The van der Waals surface area contributed by atoms with Gasteiger partial charge in [-0.25, -0.2) is 0 Å². The molecule has 0 saturated heterocycles. The Morgan fingerprint density at radius 2 is 1.83 bits per heavy atom. The summed E-state index contributed by atoms with van der Waals surface area (Å²) in [4.78, 5) is 0. The van der Waals surface area contributed by atoms with Crippen molar-refractivity contribution in [3.8, 4) is 5.75 Å². The Kier molecular flexibility index (Phi) is 2.77. The molecule has 0 radical (unpaired) electrons. The van der Waals surface area contributed by atoms with Gasteiger partial charge in [0.25, 0.3) is 0 Å². The van der Waals surface area contributed by atoms with Crippen LogP contribution in [0.3, 0.4) is 0 Å². The monoisotopic (exact) mass is 237 g/mol. The van der Waals surface area contributed by atoms with E-state index in [1.807, 2.05) is 12.1 Å². The van der Waals surface area contributed by atoms with E-state index in [1.165, 1.54) is 16.5 Å². The lowest BCUT2D eigenvalue weighted by atomic mass is 10.2. The number of hydrogen-bond donors (Lipinski definition) is 0. The Labute approximate surface area is 106 Å². The fraction of sp³-hybridized carbons (Fsp3) is 0.125. The summed E-state index contributed by atoms with van der Waals surface area (Å²) in [5.74, 6) is 0.903. The highest BCUT2D eigenvalue weighted by Crippen LogP contribution is 2.22. The third-order valence-electron chi connectivity index (χ3n) is 3.17. The van der Waals surface area contributed by atoms with Crippen LogP contribution in [0.25, 0.3) is 10.9 Å². The van der Waals surface area contributed by atoms with Crippen molar-refractivity contribution in [1.82, 2.24) is 4.57 Å². The Morgan fingerprint density at radius 3 is 2.61 bits per heavy atom. The maximum Gasteiger partial charge on any atom is 0.119 e. The Balaban J connectivity index is 1.98. The number of ether oxygens (including phenoxy) is 1. The second-order valence-electron chi connectivity index (χ2n) is 4.35. The molecule has 0 aliphatic rings. The maximum atomic E-state index is 5.24. The highest BCUT2D eigenvalue weighted by molar-refractivity contribution is 5.81. The molecule has 0 aliphatic carbocycles. The highest BCUT2D eigenvalue weighted by atomic mass is 16.5. The van der Waals surface area contributed by atoms with Gasteiger partial charge in [0.2, 0.25) is 0 Å². The van der Waals surface area contributed by atoms with Crippen LogP contribution in [0.4, 0.5) is 0 Å². The van der Waals surface area contributed by atoms with Crippen molar-refractivity contribution < 1.29 is 4.74 Å². The van der Waals surface area contributed by atoms with Gasteiger partial charge < -0.3 is 9.30 Å². The second-order valence-corrected chi connectivity index (χ2v) is 4.35. The lowest BCUT2D eigenvalue weighted by Crippen LogP contribution is -1.97. The van der Waals surface area contributed by atoms with Crippen molar-refractivity contribution in [3.05, 3.63) is 66.4 Å². The maximum absolute atomic E-state index is 5.24. The average Bonchev–Trinajstić information content (AvgIpc) is 2.82. The molecule has 0 atom stereocenters. The van der Waals surface area contributed by atoms with Gasteiger partial charge in [-0.2, -0.15) is 0 Å². The molecular formula is C16H15NO. The summed E-state index contributed by atoms with van der Waals surface area (Å²) in [7, 11) is 1.70. The Hall–Kier alpha value is -2.22. The molecule has 2 nitrogen and oxygen atoms in total. The number of rotatable bonds is 3. The molecular weight excluding hydrogens is 222 g/mol. The highest BCUT2D eigenvalue weighted by Gasteiger charge is 2.02. The summed E-state index contributed by atoms with van der Waals surface area (Å²) >= 11 is 0. The Morgan fingerprint density at radius 1 is 1.00 bits per heavy atom. The van der Waals surface area contributed by atoms with Crippen LogP contribution in [0.1, 0.15) is 5.56 Å². The van der Waals surface area contributed by atoms with E-state index in [9.17, 15) is 0 Å². The molecule has 0 bridgehead atoms. The van der Waals surface area contributed by atoms with Gasteiger partial charge in [0.05, 0.1) is 7.11 Å². The predicted octanol–water partition coefficient (Wildman–Crippen LogP) is 3.70. The summed E-state index contributed by atoms with van der Waals surface area (Å²) in [5, 5.41) is 1.21. The van der Waals surface area contributed by atoms with Gasteiger partial charge in [-0.1, -0.05) is 30.3 Å². The van der Waals surface area contributed by atoms with Gasteiger partial charge in [0, 0.05) is 23.6 Å². The van der Waals surface area contributed by atoms with Gasteiger partial charge in [-0.15, -0.1) is 0 Å². The smallest absolute Gasteiger partial charge is 0.119 e. The number of nitrogens with zero attached hydrogens (tertiary/aromatic N) is 1.